The molecule has 0 aromatic carbocycles. The summed E-state index contributed by atoms with van der Waals surface area (Å²) in [5.41, 5.74) is 1.10. The molecule has 1 aromatic rings. The monoisotopic (exact) mass is 293 g/mol. The fourth-order valence-electron chi connectivity index (χ4n) is 2.05. The fraction of sp³-hybridized carbons (Fsp3) is 0.667. The van der Waals surface area contributed by atoms with E-state index in [0.717, 1.165) is 13.1 Å². The summed E-state index contributed by atoms with van der Waals surface area (Å²) in [7, 11) is 3.96. The lowest BCUT2D eigenvalue weighted by atomic mass is 10.2. The van der Waals surface area contributed by atoms with E-state index in [2.05, 4.69) is 20.6 Å². The van der Waals surface area contributed by atoms with E-state index < -0.39 is 0 Å². The Bertz CT molecular complexity index is 473. The number of nitrogens with one attached hydrogen (secondary N) is 2. The summed E-state index contributed by atoms with van der Waals surface area (Å²) in [5, 5.41) is 6.12. The maximum atomic E-state index is 12.4. The molecule has 1 atom stereocenters. The molecule has 0 aliphatic carbocycles. The molecule has 6 heteroatoms. The molecule has 1 rings (SSSR count). The molecule has 0 aliphatic heterocycles. The Labute approximate surface area is 127 Å². The van der Waals surface area contributed by atoms with Crippen molar-refractivity contribution >= 4 is 11.6 Å². The molecule has 1 heterocycles. The largest absolute Gasteiger partial charge is 0.382 e. The van der Waals surface area contributed by atoms with Crippen LogP contribution in [0.4, 0.5) is 5.69 Å². The van der Waals surface area contributed by atoms with Gasteiger partial charge in [-0.3, -0.25) is 4.79 Å². The van der Waals surface area contributed by atoms with Crippen molar-refractivity contribution in [2.75, 3.05) is 32.5 Å². The van der Waals surface area contributed by atoms with Gasteiger partial charge >= 0.3 is 0 Å². The van der Waals surface area contributed by atoms with Crippen molar-refractivity contribution in [1.29, 1.82) is 0 Å². The molecular formula is C15H27N5O. The number of carbonyl (C=O) groups excluding carboxylic acids is 1. The number of likely N-dealkylation sites (N-methyl/N-ethyl adjacent to an activating group) is 1. The van der Waals surface area contributed by atoms with Crippen LogP contribution < -0.4 is 10.6 Å². The van der Waals surface area contributed by atoms with Gasteiger partial charge in [0.1, 0.15) is 5.82 Å². The lowest BCUT2D eigenvalue weighted by Gasteiger charge is -2.19. The first-order valence-electron chi connectivity index (χ1n) is 7.41. The Hall–Kier alpha value is -1.69. The second-order valence-corrected chi connectivity index (χ2v) is 5.81. The van der Waals surface area contributed by atoms with E-state index in [9.17, 15) is 4.79 Å². The van der Waals surface area contributed by atoms with Crippen molar-refractivity contribution in [2.24, 2.45) is 0 Å². The van der Waals surface area contributed by atoms with Gasteiger partial charge in [0.05, 0.1) is 11.9 Å². The quantitative estimate of drug-likeness (QED) is 0.801. The van der Waals surface area contributed by atoms with Crippen molar-refractivity contribution in [2.45, 2.75) is 39.7 Å². The van der Waals surface area contributed by atoms with Gasteiger partial charge in [-0.25, -0.2) is 9.97 Å². The highest BCUT2D eigenvalue weighted by Crippen LogP contribution is 2.16. The minimum Gasteiger partial charge on any atom is -0.382 e. The highest BCUT2D eigenvalue weighted by molar-refractivity contribution is 5.97. The van der Waals surface area contributed by atoms with E-state index in [-0.39, 0.29) is 17.9 Å². The molecule has 6 nitrogen and oxygen atoms in total. The first-order chi connectivity index (χ1) is 9.85. The number of aromatic nitrogens is 2. The van der Waals surface area contributed by atoms with Gasteiger partial charge in [0, 0.05) is 25.0 Å². The lowest BCUT2D eigenvalue weighted by Crippen LogP contribution is -2.40. The van der Waals surface area contributed by atoms with E-state index in [1.165, 1.54) is 0 Å². The van der Waals surface area contributed by atoms with Crippen LogP contribution in [0.25, 0.3) is 0 Å². The molecule has 118 valence electrons. The number of anilines is 1. The lowest BCUT2D eigenvalue weighted by molar-refractivity contribution is 0.0929. The molecule has 0 saturated heterocycles. The number of carbonyl (C=O) groups is 1. The molecule has 0 aliphatic rings. The van der Waals surface area contributed by atoms with Gasteiger partial charge in [0.2, 0.25) is 0 Å². The third-order valence-corrected chi connectivity index (χ3v) is 2.92. The standard InChI is InChI=1S/C15H27N5O/c1-7-16-12-8-17-14(10(2)3)19-13(12)15(21)18-11(4)9-20(5)6/h8,10-11,16H,7,9H2,1-6H3,(H,18,21). The van der Waals surface area contributed by atoms with Crippen molar-refractivity contribution in [3.05, 3.63) is 17.7 Å². The molecule has 1 amide bonds. The summed E-state index contributed by atoms with van der Waals surface area (Å²) in [6, 6.07) is 0.0550. The summed E-state index contributed by atoms with van der Waals surface area (Å²) < 4.78 is 0. The van der Waals surface area contributed by atoms with Crippen LogP contribution in [0.15, 0.2) is 6.20 Å². The zero-order chi connectivity index (χ0) is 16.0. The van der Waals surface area contributed by atoms with Crippen LogP contribution in [0, 0.1) is 0 Å². The Morgan fingerprint density at radius 2 is 2.00 bits per heavy atom. The van der Waals surface area contributed by atoms with Crippen LogP contribution in [0.1, 0.15) is 49.9 Å². The van der Waals surface area contributed by atoms with E-state index in [1.54, 1.807) is 6.20 Å². The van der Waals surface area contributed by atoms with Crippen LogP contribution in [0.5, 0.6) is 0 Å². The number of hydrogen-bond donors (Lipinski definition) is 2. The molecule has 0 saturated carbocycles. The molecule has 0 radical (unpaired) electrons. The van der Waals surface area contributed by atoms with Crippen molar-refractivity contribution in [1.82, 2.24) is 20.2 Å². The van der Waals surface area contributed by atoms with Crippen molar-refractivity contribution in [3.63, 3.8) is 0 Å². The van der Waals surface area contributed by atoms with Crippen LogP contribution >= 0.6 is 0 Å². The van der Waals surface area contributed by atoms with Crippen LogP contribution in [0.2, 0.25) is 0 Å². The van der Waals surface area contributed by atoms with Gasteiger partial charge in [0.15, 0.2) is 5.69 Å². The van der Waals surface area contributed by atoms with Crippen LogP contribution in [-0.2, 0) is 0 Å². The highest BCUT2D eigenvalue weighted by atomic mass is 16.2. The molecule has 1 aromatic heterocycles. The number of hydrogen-bond acceptors (Lipinski definition) is 5. The molecule has 0 spiro atoms. The Morgan fingerprint density at radius 3 is 2.52 bits per heavy atom. The Balaban J connectivity index is 2.96. The number of amides is 1. The van der Waals surface area contributed by atoms with Crippen LogP contribution in [-0.4, -0.2) is 54.0 Å². The smallest absolute Gasteiger partial charge is 0.272 e. The number of nitrogens with zero attached hydrogens (tertiary/aromatic N) is 3. The zero-order valence-electron chi connectivity index (χ0n) is 13.9. The average Bonchev–Trinajstić information content (AvgIpc) is 2.37. The van der Waals surface area contributed by atoms with E-state index in [0.29, 0.717) is 17.2 Å². The van der Waals surface area contributed by atoms with E-state index in [4.69, 9.17) is 0 Å². The normalized spacial score (nSPS) is 12.6. The first-order valence-corrected chi connectivity index (χ1v) is 7.41. The Morgan fingerprint density at radius 1 is 1.33 bits per heavy atom. The topological polar surface area (TPSA) is 70.1 Å². The SMILES string of the molecule is CCNc1cnc(C(C)C)nc1C(=O)NC(C)CN(C)C. The minimum atomic E-state index is -0.162. The van der Waals surface area contributed by atoms with Gasteiger partial charge in [-0.2, -0.15) is 0 Å². The minimum absolute atomic E-state index is 0.0550. The second kappa shape index (κ2) is 7.93. The third-order valence-electron chi connectivity index (χ3n) is 2.92. The van der Waals surface area contributed by atoms with Gasteiger partial charge in [-0.15, -0.1) is 0 Å². The number of rotatable bonds is 7. The summed E-state index contributed by atoms with van der Waals surface area (Å²) in [4.78, 5) is 23.2. The fourth-order valence-corrected chi connectivity index (χ4v) is 2.05. The highest BCUT2D eigenvalue weighted by Gasteiger charge is 2.18. The first kappa shape index (κ1) is 17.4. The van der Waals surface area contributed by atoms with Gasteiger partial charge < -0.3 is 15.5 Å². The van der Waals surface area contributed by atoms with Gasteiger partial charge in [0.25, 0.3) is 5.91 Å². The molecule has 1 unspecified atom stereocenters. The van der Waals surface area contributed by atoms with Crippen molar-refractivity contribution < 1.29 is 4.79 Å². The third kappa shape index (κ3) is 5.30. The molecule has 21 heavy (non-hydrogen) atoms. The van der Waals surface area contributed by atoms with Crippen LogP contribution in [0.3, 0.4) is 0 Å². The molecular weight excluding hydrogens is 266 g/mol. The summed E-state index contributed by atoms with van der Waals surface area (Å²) in [6.45, 7) is 9.49. The summed E-state index contributed by atoms with van der Waals surface area (Å²) >= 11 is 0. The molecule has 2 N–H and O–H groups in total. The predicted molar refractivity (Wildman–Crippen MR) is 85.8 cm³/mol. The average molecular weight is 293 g/mol. The van der Waals surface area contributed by atoms with Crippen molar-refractivity contribution in [3.8, 4) is 0 Å². The zero-order valence-corrected chi connectivity index (χ0v) is 13.9. The Kier molecular flexibility index (Phi) is 6.55. The van der Waals surface area contributed by atoms with E-state index in [1.807, 2.05) is 46.7 Å². The molecule has 0 fully saturated rings. The summed E-state index contributed by atoms with van der Waals surface area (Å²) in [5.74, 6) is 0.707. The summed E-state index contributed by atoms with van der Waals surface area (Å²) in [6.07, 6.45) is 1.69. The maximum Gasteiger partial charge on any atom is 0.272 e. The molecule has 0 bridgehead atoms. The maximum absolute atomic E-state index is 12.4. The second-order valence-electron chi connectivity index (χ2n) is 5.81. The van der Waals surface area contributed by atoms with E-state index >= 15 is 0 Å². The predicted octanol–water partition coefficient (Wildman–Crippen LogP) is 1.71. The van der Waals surface area contributed by atoms with Gasteiger partial charge in [-0.1, -0.05) is 13.8 Å². The van der Waals surface area contributed by atoms with Gasteiger partial charge in [-0.05, 0) is 27.9 Å².